The lowest BCUT2D eigenvalue weighted by Crippen LogP contribution is -2.30. The number of carboxylic acid groups (broad SMARTS) is 1. The first-order chi connectivity index (χ1) is 7.80. The number of hydrogen-bond donors (Lipinski definition) is 3. The summed E-state index contributed by atoms with van der Waals surface area (Å²) in [7, 11) is 0. The van der Waals surface area contributed by atoms with Crippen LogP contribution in [-0.4, -0.2) is 17.7 Å². The van der Waals surface area contributed by atoms with Crippen molar-refractivity contribution < 1.29 is 23.1 Å². The minimum Gasteiger partial charge on any atom is -0.465 e. The highest BCUT2D eigenvalue weighted by Gasteiger charge is 2.30. The number of nitrogens with one attached hydrogen (secondary N) is 1. The highest BCUT2D eigenvalue weighted by atomic mass is 19.4. The Morgan fingerprint density at radius 3 is 2.29 bits per heavy atom. The normalized spacial score (nSPS) is 13.2. The quantitative estimate of drug-likeness (QED) is 0.765. The van der Waals surface area contributed by atoms with Gasteiger partial charge in [0.15, 0.2) is 0 Å². The molecule has 17 heavy (non-hydrogen) atoms. The molecule has 0 aromatic heterocycles. The molecule has 0 spiro atoms. The van der Waals surface area contributed by atoms with Gasteiger partial charge < -0.3 is 16.2 Å². The molecule has 94 valence electrons. The van der Waals surface area contributed by atoms with E-state index in [1.54, 1.807) is 0 Å². The van der Waals surface area contributed by atoms with Gasteiger partial charge >= 0.3 is 12.3 Å². The lowest BCUT2D eigenvalue weighted by atomic mass is 10.1. The summed E-state index contributed by atoms with van der Waals surface area (Å²) >= 11 is 0. The minimum atomic E-state index is -4.39. The van der Waals surface area contributed by atoms with Gasteiger partial charge in [-0.15, -0.1) is 0 Å². The van der Waals surface area contributed by atoms with Crippen molar-refractivity contribution in [1.82, 2.24) is 5.32 Å². The van der Waals surface area contributed by atoms with Crippen LogP contribution >= 0.6 is 0 Å². The molecule has 0 heterocycles. The summed E-state index contributed by atoms with van der Waals surface area (Å²) in [6.07, 6.45) is -5.62. The molecule has 0 aliphatic carbocycles. The third-order valence-corrected chi connectivity index (χ3v) is 2.14. The fraction of sp³-hybridized carbons (Fsp3) is 0.300. The van der Waals surface area contributed by atoms with Crippen LogP contribution in [0.5, 0.6) is 0 Å². The highest BCUT2D eigenvalue weighted by molar-refractivity contribution is 5.64. The van der Waals surface area contributed by atoms with Gasteiger partial charge in [0.1, 0.15) is 0 Å². The molecule has 4 nitrogen and oxygen atoms in total. The molecular weight excluding hydrogens is 237 g/mol. The van der Waals surface area contributed by atoms with E-state index >= 15 is 0 Å². The largest absolute Gasteiger partial charge is 0.465 e. The van der Waals surface area contributed by atoms with E-state index in [1.807, 2.05) is 0 Å². The van der Waals surface area contributed by atoms with E-state index < -0.39 is 23.9 Å². The number of benzene rings is 1. The number of alkyl halides is 3. The first-order valence-electron chi connectivity index (χ1n) is 4.70. The van der Waals surface area contributed by atoms with Crippen LogP contribution < -0.4 is 11.1 Å². The molecule has 1 rings (SSSR count). The fourth-order valence-electron chi connectivity index (χ4n) is 1.23. The number of amides is 1. The Morgan fingerprint density at radius 2 is 1.88 bits per heavy atom. The maximum absolute atomic E-state index is 12.3. The maximum Gasteiger partial charge on any atom is 0.416 e. The number of hydrogen-bond acceptors (Lipinski definition) is 2. The predicted molar refractivity (Wildman–Crippen MR) is 54.4 cm³/mol. The summed E-state index contributed by atoms with van der Waals surface area (Å²) in [5.41, 5.74) is 5.27. The van der Waals surface area contributed by atoms with Crippen LogP contribution in [0, 0.1) is 0 Å². The second-order valence-electron chi connectivity index (χ2n) is 3.41. The van der Waals surface area contributed by atoms with Crippen molar-refractivity contribution in [3.8, 4) is 0 Å². The molecule has 0 aliphatic heterocycles. The number of nitrogens with two attached hydrogens (primary N) is 1. The van der Waals surface area contributed by atoms with Gasteiger partial charge in [-0.2, -0.15) is 13.2 Å². The fourth-order valence-corrected chi connectivity index (χ4v) is 1.23. The van der Waals surface area contributed by atoms with Crippen LogP contribution in [0.3, 0.4) is 0 Å². The van der Waals surface area contributed by atoms with E-state index in [1.165, 1.54) is 12.1 Å². The zero-order chi connectivity index (χ0) is 13.1. The summed E-state index contributed by atoms with van der Waals surface area (Å²) in [6, 6.07) is 3.62. The third kappa shape index (κ3) is 3.95. The molecule has 1 aromatic rings. The summed E-state index contributed by atoms with van der Waals surface area (Å²) in [5, 5.41) is 10.4. The van der Waals surface area contributed by atoms with E-state index in [-0.39, 0.29) is 6.54 Å². The van der Waals surface area contributed by atoms with Crippen molar-refractivity contribution in [2.24, 2.45) is 5.73 Å². The second kappa shape index (κ2) is 5.05. The van der Waals surface area contributed by atoms with Gasteiger partial charge in [-0.1, -0.05) is 12.1 Å². The Hall–Kier alpha value is -1.76. The smallest absolute Gasteiger partial charge is 0.416 e. The Kier molecular flexibility index (Phi) is 3.95. The molecule has 1 atom stereocenters. The Labute approximate surface area is 95.2 Å². The highest BCUT2D eigenvalue weighted by Crippen LogP contribution is 2.29. The van der Waals surface area contributed by atoms with E-state index in [9.17, 15) is 18.0 Å². The average Bonchev–Trinajstić information content (AvgIpc) is 2.25. The van der Waals surface area contributed by atoms with Crippen LogP contribution in [0.2, 0.25) is 0 Å². The van der Waals surface area contributed by atoms with Crippen molar-refractivity contribution in [3.05, 3.63) is 35.4 Å². The molecule has 1 amide bonds. The molecule has 0 saturated heterocycles. The van der Waals surface area contributed by atoms with Gasteiger partial charge in [0.05, 0.1) is 5.56 Å². The molecule has 0 aliphatic rings. The Morgan fingerprint density at radius 1 is 1.35 bits per heavy atom. The zero-order valence-corrected chi connectivity index (χ0v) is 8.66. The topological polar surface area (TPSA) is 75.3 Å². The number of halogens is 3. The van der Waals surface area contributed by atoms with Gasteiger partial charge in [-0.3, -0.25) is 0 Å². The number of rotatable bonds is 3. The molecule has 0 fully saturated rings. The minimum absolute atomic E-state index is 0.0549. The van der Waals surface area contributed by atoms with Crippen molar-refractivity contribution >= 4 is 6.09 Å². The van der Waals surface area contributed by atoms with Gasteiger partial charge in [-0.25, -0.2) is 4.79 Å². The maximum atomic E-state index is 12.3. The molecular formula is C10H11F3N2O2. The Bertz CT molecular complexity index is 390. The molecule has 1 aromatic carbocycles. The summed E-state index contributed by atoms with van der Waals surface area (Å²) in [6.45, 7) is -0.0549. The van der Waals surface area contributed by atoms with Crippen LogP contribution in [0.25, 0.3) is 0 Å². The predicted octanol–water partition coefficient (Wildman–Crippen LogP) is 1.97. The lowest BCUT2D eigenvalue weighted by Gasteiger charge is -2.13. The van der Waals surface area contributed by atoms with Crippen LogP contribution in [0.4, 0.5) is 18.0 Å². The average molecular weight is 248 g/mol. The van der Waals surface area contributed by atoms with E-state index in [0.29, 0.717) is 5.56 Å². The van der Waals surface area contributed by atoms with Crippen LogP contribution in [0.15, 0.2) is 24.3 Å². The van der Waals surface area contributed by atoms with Crippen LogP contribution in [0.1, 0.15) is 17.2 Å². The zero-order valence-electron chi connectivity index (χ0n) is 8.66. The van der Waals surface area contributed by atoms with E-state index in [2.05, 4.69) is 5.32 Å². The van der Waals surface area contributed by atoms with Gasteiger partial charge in [0, 0.05) is 12.6 Å². The SMILES string of the molecule is NC(CNC(=O)O)c1ccc(C(F)(F)F)cc1. The molecule has 0 radical (unpaired) electrons. The van der Waals surface area contributed by atoms with Crippen molar-refractivity contribution in [1.29, 1.82) is 0 Å². The third-order valence-electron chi connectivity index (χ3n) is 2.14. The lowest BCUT2D eigenvalue weighted by molar-refractivity contribution is -0.137. The molecule has 0 saturated carbocycles. The standard InChI is InChI=1S/C10H11F3N2O2/c11-10(12,13)7-3-1-6(2-4-7)8(14)5-15-9(16)17/h1-4,8,15H,5,14H2,(H,16,17). The first-order valence-corrected chi connectivity index (χ1v) is 4.70. The number of carbonyl (C=O) groups is 1. The van der Waals surface area contributed by atoms with Gasteiger partial charge in [0.25, 0.3) is 0 Å². The second-order valence-corrected chi connectivity index (χ2v) is 3.41. The van der Waals surface area contributed by atoms with Crippen molar-refractivity contribution in [2.45, 2.75) is 12.2 Å². The monoisotopic (exact) mass is 248 g/mol. The van der Waals surface area contributed by atoms with Crippen molar-refractivity contribution in [3.63, 3.8) is 0 Å². The molecule has 1 unspecified atom stereocenters. The van der Waals surface area contributed by atoms with E-state index in [4.69, 9.17) is 10.8 Å². The van der Waals surface area contributed by atoms with Crippen LogP contribution in [-0.2, 0) is 6.18 Å². The summed E-state index contributed by atoms with van der Waals surface area (Å²) in [4.78, 5) is 10.2. The van der Waals surface area contributed by atoms with E-state index in [0.717, 1.165) is 12.1 Å². The van der Waals surface area contributed by atoms with Crippen molar-refractivity contribution in [2.75, 3.05) is 6.54 Å². The van der Waals surface area contributed by atoms with Gasteiger partial charge in [-0.05, 0) is 17.7 Å². The molecule has 4 N–H and O–H groups in total. The summed E-state index contributed by atoms with van der Waals surface area (Å²) in [5.74, 6) is 0. The first kappa shape index (κ1) is 13.3. The molecule has 7 heteroatoms. The van der Waals surface area contributed by atoms with Gasteiger partial charge in [0.2, 0.25) is 0 Å². The molecule has 0 bridgehead atoms. The Balaban J connectivity index is 2.70. The summed E-state index contributed by atoms with van der Waals surface area (Å²) < 4.78 is 36.8.